The minimum Gasteiger partial charge on any atom is -0.492 e. The molecule has 0 radical (unpaired) electrons. The highest BCUT2D eigenvalue weighted by Gasteiger charge is 2.12. The van der Waals surface area contributed by atoms with E-state index in [4.69, 9.17) is 4.74 Å². The number of benzene rings is 1. The van der Waals surface area contributed by atoms with Gasteiger partial charge in [0.05, 0.1) is 0 Å². The highest BCUT2D eigenvalue weighted by molar-refractivity contribution is 5.48. The van der Waals surface area contributed by atoms with Gasteiger partial charge in [-0.2, -0.15) is 0 Å². The number of likely N-dealkylation sites (N-methyl/N-ethyl adjacent to an activating group) is 1. The van der Waals surface area contributed by atoms with Crippen LogP contribution in [0.2, 0.25) is 0 Å². The van der Waals surface area contributed by atoms with Crippen molar-refractivity contribution in [2.24, 2.45) is 0 Å². The molecule has 4 nitrogen and oxygen atoms in total. The molecule has 2 rings (SSSR count). The lowest BCUT2D eigenvalue weighted by Gasteiger charge is -2.24. The largest absolute Gasteiger partial charge is 0.492 e. The second-order valence-electron chi connectivity index (χ2n) is 5.35. The molecule has 0 saturated carbocycles. The Balaban J connectivity index is 1.83. The number of ether oxygens (including phenoxy) is 1. The second-order valence-corrected chi connectivity index (χ2v) is 5.35. The lowest BCUT2D eigenvalue weighted by molar-refractivity contribution is 0.261. The van der Waals surface area contributed by atoms with Crippen molar-refractivity contribution in [1.29, 1.82) is 0 Å². The van der Waals surface area contributed by atoms with Crippen LogP contribution in [0.4, 0.5) is 5.69 Å². The number of hydrogen-bond acceptors (Lipinski definition) is 4. The Hall–Kier alpha value is -1.26. The van der Waals surface area contributed by atoms with E-state index in [0.29, 0.717) is 6.04 Å². The van der Waals surface area contributed by atoms with Gasteiger partial charge in [-0.1, -0.05) is 6.07 Å². The average Bonchev–Trinajstić information content (AvgIpc) is 2.40. The Labute approximate surface area is 116 Å². The van der Waals surface area contributed by atoms with E-state index in [1.165, 1.54) is 12.8 Å². The predicted molar refractivity (Wildman–Crippen MR) is 80.0 cm³/mol. The van der Waals surface area contributed by atoms with Crippen LogP contribution in [0.25, 0.3) is 0 Å². The first-order valence-corrected chi connectivity index (χ1v) is 7.09. The van der Waals surface area contributed by atoms with Crippen LogP contribution in [0.5, 0.6) is 5.75 Å². The molecule has 0 spiro atoms. The van der Waals surface area contributed by atoms with Crippen LogP contribution in [-0.2, 0) is 0 Å². The maximum Gasteiger partial charge on any atom is 0.121 e. The maximum atomic E-state index is 5.75. The van der Waals surface area contributed by atoms with E-state index in [1.54, 1.807) is 0 Å². The molecule has 0 aliphatic carbocycles. The molecule has 0 amide bonds. The molecule has 1 saturated heterocycles. The summed E-state index contributed by atoms with van der Waals surface area (Å²) in [5.74, 6) is 0.945. The molecule has 0 aromatic heterocycles. The summed E-state index contributed by atoms with van der Waals surface area (Å²) in [4.78, 5) is 2.12. The van der Waals surface area contributed by atoms with E-state index in [-0.39, 0.29) is 0 Å². The second kappa shape index (κ2) is 7.36. The zero-order chi connectivity index (χ0) is 13.5. The van der Waals surface area contributed by atoms with Crippen molar-refractivity contribution in [2.45, 2.75) is 18.9 Å². The van der Waals surface area contributed by atoms with Crippen LogP contribution in [-0.4, -0.2) is 51.3 Å². The van der Waals surface area contributed by atoms with Crippen molar-refractivity contribution < 1.29 is 4.74 Å². The Bertz CT molecular complexity index is 375. The first-order valence-electron chi connectivity index (χ1n) is 7.09. The summed E-state index contributed by atoms with van der Waals surface area (Å²) in [6.45, 7) is 3.88. The summed E-state index contributed by atoms with van der Waals surface area (Å²) in [6, 6.07) is 8.86. The van der Waals surface area contributed by atoms with Crippen LogP contribution in [0.15, 0.2) is 24.3 Å². The number of nitrogens with zero attached hydrogens (tertiary/aromatic N) is 1. The zero-order valence-corrected chi connectivity index (χ0v) is 12.0. The standard InChI is InChI=1S/C15H25N3O/c1-18(2)10-11-19-15-5-3-4-14(12-15)17-13-6-8-16-9-7-13/h3-5,12-13,16-17H,6-11H2,1-2H3. The van der Waals surface area contributed by atoms with Crippen molar-refractivity contribution in [2.75, 3.05) is 45.7 Å². The van der Waals surface area contributed by atoms with Crippen molar-refractivity contribution in [1.82, 2.24) is 10.2 Å². The molecule has 1 fully saturated rings. The predicted octanol–water partition coefficient (Wildman–Crippen LogP) is 1.79. The quantitative estimate of drug-likeness (QED) is 0.820. The van der Waals surface area contributed by atoms with E-state index in [1.807, 2.05) is 6.07 Å². The Morgan fingerprint density at radius 2 is 2.11 bits per heavy atom. The molecular formula is C15H25N3O. The van der Waals surface area contributed by atoms with Gasteiger partial charge >= 0.3 is 0 Å². The molecule has 0 atom stereocenters. The number of rotatable bonds is 6. The van der Waals surface area contributed by atoms with Crippen molar-refractivity contribution in [3.8, 4) is 5.75 Å². The van der Waals surface area contributed by atoms with E-state index < -0.39 is 0 Å². The van der Waals surface area contributed by atoms with Crippen LogP contribution in [0.1, 0.15) is 12.8 Å². The fourth-order valence-electron chi connectivity index (χ4n) is 2.22. The molecule has 1 aromatic rings. The number of piperidine rings is 1. The van der Waals surface area contributed by atoms with Gasteiger partial charge in [0.25, 0.3) is 0 Å². The number of hydrogen-bond donors (Lipinski definition) is 2. The van der Waals surface area contributed by atoms with Gasteiger partial charge in [-0.3, -0.25) is 0 Å². The fourth-order valence-corrected chi connectivity index (χ4v) is 2.22. The van der Waals surface area contributed by atoms with Gasteiger partial charge in [0.1, 0.15) is 12.4 Å². The fraction of sp³-hybridized carbons (Fsp3) is 0.600. The molecule has 106 valence electrons. The number of anilines is 1. The van der Waals surface area contributed by atoms with Gasteiger partial charge in [-0.25, -0.2) is 0 Å². The molecule has 2 N–H and O–H groups in total. The molecule has 1 aliphatic heterocycles. The molecule has 1 heterocycles. The highest BCUT2D eigenvalue weighted by atomic mass is 16.5. The van der Waals surface area contributed by atoms with Gasteiger partial charge in [-0.05, 0) is 52.2 Å². The Morgan fingerprint density at radius 1 is 1.32 bits per heavy atom. The van der Waals surface area contributed by atoms with Crippen LogP contribution < -0.4 is 15.4 Å². The molecular weight excluding hydrogens is 238 g/mol. The van der Waals surface area contributed by atoms with E-state index in [9.17, 15) is 0 Å². The molecule has 0 unspecified atom stereocenters. The first kappa shape index (κ1) is 14.2. The Morgan fingerprint density at radius 3 is 2.84 bits per heavy atom. The molecule has 19 heavy (non-hydrogen) atoms. The topological polar surface area (TPSA) is 36.5 Å². The lowest BCUT2D eigenvalue weighted by Crippen LogP contribution is -2.35. The van der Waals surface area contributed by atoms with Crippen LogP contribution >= 0.6 is 0 Å². The Kier molecular flexibility index (Phi) is 5.48. The number of nitrogens with one attached hydrogen (secondary N) is 2. The summed E-state index contributed by atoms with van der Waals surface area (Å²) < 4.78 is 5.75. The average molecular weight is 263 g/mol. The third-order valence-electron chi connectivity index (χ3n) is 3.35. The first-order chi connectivity index (χ1) is 9.24. The molecule has 4 heteroatoms. The maximum absolute atomic E-state index is 5.75. The van der Waals surface area contributed by atoms with Gasteiger partial charge in [0.2, 0.25) is 0 Å². The van der Waals surface area contributed by atoms with E-state index in [0.717, 1.165) is 37.7 Å². The highest BCUT2D eigenvalue weighted by Crippen LogP contribution is 2.19. The normalized spacial score (nSPS) is 16.6. The smallest absolute Gasteiger partial charge is 0.121 e. The summed E-state index contributed by atoms with van der Waals surface area (Å²) in [7, 11) is 4.11. The van der Waals surface area contributed by atoms with Gasteiger partial charge in [0, 0.05) is 24.3 Å². The summed E-state index contributed by atoms with van der Waals surface area (Å²) in [6.07, 6.45) is 2.37. The molecule has 1 aliphatic rings. The minimum absolute atomic E-state index is 0.582. The van der Waals surface area contributed by atoms with E-state index >= 15 is 0 Å². The van der Waals surface area contributed by atoms with E-state index in [2.05, 4.69) is 47.8 Å². The minimum atomic E-state index is 0.582. The molecule has 1 aromatic carbocycles. The van der Waals surface area contributed by atoms with Gasteiger partial charge in [-0.15, -0.1) is 0 Å². The van der Waals surface area contributed by atoms with Crippen LogP contribution in [0, 0.1) is 0 Å². The zero-order valence-electron chi connectivity index (χ0n) is 12.0. The third kappa shape index (κ3) is 5.09. The molecule has 0 bridgehead atoms. The summed E-state index contributed by atoms with van der Waals surface area (Å²) in [5.41, 5.74) is 1.16. The van der Waals surface area contributed by atoms with Gasteiger partial charge < -0.3 is 20.3 Å². The van der Waals surface area contributed by atoms with Crippen LogP contribution in [0.3, 0.4) is 0 Å². The summed E-state index contributed by atoms with van der Waals surface area (Å²) in [5, 5.41) is 6.97. The lowest BCUT2D eigenvalue weighted by atomic mass is 10.1. The SMILES string of the molecule is CN(C)CCOc1cccc(NC2CCNCC2)c1. The van der Waals surface area contributed by atoms with Crippen molar-refractivity contribution in [3.63, 3.8) is 0 Å². The van der Waals surface area contributed by atoms with Crippen molar-refractivity contribution in [3.05, 3.63) is 24.3 Å². The monoisotopic (exact) mass is 263 g/mol. The summed E-state index contributed by atoms with van der Waals surface area (Å²) >= 11 is 0. The van der Waals surface area contributed by atoms with Gasteiger partial charge in [0.15, 0.2) is 0 Å². The third-order valence-corrected chi connectivity index (χ3v) is 3.35. The van der Waals surface area contributed by atoms with Crippen molar-refractivity contribution >= 4 is 5.69 Å².